The Morgan fingerprint density at radius 3 is 2.47 bits per heavy atom. The number of nitrogens with two attached hydrogens (primary N) is 1. The van der Waals surface area contributed by atoms with Gasteiger partial charge < -0.3 is 10.5 Å². The Bertz CT molecular complexity index is 355. The standard InChI is InChI=1S/C15H27N3O/c1-3-5-6-7-8-9-11-19-15-13(10-4-2)14(16)17-12-18-15/h12H,3-11H2,1-2H3,(H2,16,17,18). The van der Waals surface area contributed by atoms with Crippen molar-refractivity contribution in [3.05, 3.63) is 11.9 Å². The SMILES string of the molecule is CCCCCCCCOc1ncnc(N)c1CCC. The lowest BCUT2D eigenvalue weighted by atomic mass is 10.1. The number of aromatic nitrogens is 2. The van der Waals surface area contributed by atoms with Gasteiger partial charge in [0.15, 0.2) is 0 Å². The van der Waals surface area contributed by atoms with Crippen LogP contribution in [-0.4, -0.2) is 16.6 Å². The summed E-state index contributed by atoms with van der Waals surface area (Å²) >= 11 is 0. The van der Waals surface area contributed by atoms with Gasteiger partial charge in [-0.25, -0.2) is 9.97 Å². The molecule has 0 fully saturated rings. The van der Waals surface area contributed by atoms with Crippen LogP contribution in [0.5, 0.6) is 5.88 Å². The van der Waals surface area contributed by atoms with E-state index >= 15 is 0 Å². The van der Waals surface area contributed by atoms with Crippen LogP contribution in [0.15, 0.2) is 6.33 Å². The molecule has 0 radical (unpaired) electrons. The van der Waals surface area contributed by atoms with E-state index in [2.05, 4.69) is 23.8 Å². The maximum atomic E-state index is 5.86. The molecule has 2 N–H and O–H groups in total. The number of hydrogen-bond acceptors (Lipinski definition) is 4. The molecule has 0 saturated heterocycles. The van der Waals surface area contributed by atoms with Crippen LogP contribution >= 0.6 is 0 Å². The van der Waals surface area contributed by atoms with Gasteiger partial charge in [0.05, 0.1) is 12.2 Å². The van der Waals surface area contributed by atoms with Gasteiger partial charge in [0.2, 0.25) is 5.88 Å². The van der Waals surface area contributed by atoms with Crippen LogP contribution in [0.1, 0.15) is 64.4 Å². The van der Waals surface area contributed by atoms with Gasteiger partial charge in [-0.05, 0) is 12.8 Å². The van der Waals surface area contributed by atoms with Gasteiger partial charge in [-0.15, -0.1) is 0 Å². The Labute approximate surface area is 116 Å². The van der Waals surface area contributed by atoms with Crippen molar-refractivity contribution in [3.8, 4) is 5.88 Å². The summed E-state index contributed by atoms with van der Waals surface area (Å²) in [6.45, 7) is 5.07. The van der Waals surface area contributed by atoms with Crippen LogP contribution in [0.25, 0.3) is 0 Å². The smallest absolute Gasteiger partial charge is 0.221 e. The summed E-state index contributed by atoms with van der Waals surface area (Å²) in [5.74, 6) is 1.22. The third-order valence-electron chi connectivity index (χ3n) is 3.18. The normalized spacial score (nSPS) is 10.6. The van der Waals surface area contributed by atoms with E-state index in [1.807, 2.05) is 0 Å². The number of unbranched alkanes of at least 4 members (excludes halogenated alkanes) is 5. The lowest BCUT2D eigenvalue weighted by molar-refractivity contribution is 0.289. The van der Waals surface area contributed by atoms with Gasteiger partial charge in [-0.2, -0.15) is 0 Å². The Kier molecular flexibility index (Phi) is 7.94. The topological polar surface area (TPSA) is 61.0 Å². The van der Waals surface area contributed by atoms with Crippen molar-refractivity contribution >= 4 is 5.82 Å². The molecule has 0 amide bonds. The fourth-order valence-electron chi connectivity index (χ4n) is 2.07. The molecule has 0 aromatic carbocycles. The molecule has 4 nitrogen and oxygen atoms in total. The van der Waals surface area contributed by atoms with Crippen molar-refractivity contribution in [2.75, 3.05) is 12.3 Å². The number of ether oxygens (including phenoxy) is 1. The van der Waals surface area contributed by atoms with Crippen molar-refractivity contribution in [1.82, 2.24) is 9.97 Å². The van der Waals surface area contributed by atoms with Gasteiger partial charge >= 0.3 is 0 Å². The predicted octanol–water partition coefficient (Wildman–Crippen LogP) is 3.75. The highest BCUT2D eigenvalue weighted by Gasteiger charge is 2.09. The highest BCUT2D eigenvalue weighted by atomic mass is 16.5. The molecule has 1 aromatic heterocycles. The van der Waals surface area contributed by atoms with Gasteiger partial charge in [0.25, 0.3) is 0 Å². The van der Waals surface area contributed by atoms with E-state index in [1.54, 1.807) is 0 Å². The first-order chi connectivity index (χ1) is 9.29. The Balaban J connectivity index is 2.30. The van der Waals surface area contributed by atoms with E-state index in [-0.39, 0.29) is 0 Å². The zero-order valence-corrected chi connectivity index (χ0v) is 12.3. The molecule has 0 bridgehead atoms. The van der Waals surface area contributed by atoms with Crippen molar-refractivity contribution in [2.24, 2.45) is 0 Å². The Morgan fingerprint density at radius 2 is 1.74 bits per heavy atom. The summed E-state index contributed by atoms with van der Waals surface area (Å²) in [7, 11) is 0. The van der Waals surface area contributed by atoms with E-state index in [9.17, 15) is 0 Å². The summed E-state index contributed by atoms with van der Waals surface area (Å²) in [6, 6.07) is 0. The van der Waals surface area contributed by atoms with Crippen LogP contribution in [0, 0.1) is 0 Å². The van der Waals surface area contributed by atoms with Gasteiger partial charge in [-0.1, -0.05) is 52.4 Å². The molecule has 0 atom stereocenters. The molecule has 0 spiro atoms. The van der Waals surface area contributed by atoms with Crippen molar-refractivity contribution in [1.29, 1.82) is 0 Å². The van der Waals surface area contributed by atoms with Crippen LogP contribution in [0.2, 0.25) is 0 Å². The van der Waals surface area contributed by atoms with E-state index in [0.29, 0.717) is 11.7 Å². The van der Waals surface area contributed by atoms with Crippen LogP contribution < -0.4 is 10.5 Å². The maximum Gasteiger partial charge on any atom is 0.221 e. The van der Waals surface area contributed by atoms with Gasteiger partial charge in [-0.3, -0.25) is 0 Å². The summed E-state index contributed by atoms with van der Waals surface area (Å²) < 4.78 is 5.75. The van der Waals surface area contributed by atoms with Gasteiger partial charge in [0.1, 0.15) is 12.1 Å². The number of rotatable bonds is 10. The van der Waals surface area contributed by atoms with Crippen molar-refractivity contribution in [2.45, 2.75) is 65.2 Å². The van der Waals surface area contributed by atoms with Crippen molar-refractivity contribution < 1.29 is 4.74 Å². The molecule has 19 heavy (non-hydrogen) atoms. The summed E-state index contributed by atoms with van der Waals surface area (Å²) in [6.07, 6.45) is 10.9. The first kappa shape index (κ1) is 15.7. The average Bonchev–Trinajstić information content (AvgIpc) is 2.41. The molecule has 1 heterocycles. The molecule has 0 saturated carbocycles. The zero-order valence-electron chi connectivity index (χ0n) is 12.3. The van der Waals surface area contributed by atoms with E-state index in [1.165, 1.54) is 38.4 Å². The first-order valence-electron chi connectivity index (χ1n) is 7.51. The minimum absolute atomic E-state index is 0.551. The molecule has 4 heteroatoms. The second-order valence-corrected chi connectivity index (χ2v) is 4.91. The number of hydrogen-bond donors (Lipinski definition) is 1. The van der Waals surface area contributed by atoms with Crippen LogP contribution in [0.4, 0.5) is 5.82 Å². The predicted molar refractivity (Wildman–Crippen MR) is 79.3 cm³/mol. The molecular weight excluding hydrogens is 238 g/mol. The number of anilines is 1. The molecule has 0 aliphatic heterocycles. The molecule has 1 aromatic rings. The van der Waals surface area contributed by atoms with E-state index in [0.717, 1.165) is 31.4 Å². The fraction of sp³-hybridized carbons (Fsp3) is 0.733. The Hall–Kier alpha value is -1.32. The van der Waals surface area contributed by atoms with Crippen LogP contribution in [-0.2, 0) is 6.42 Å². The monoisotopic (exact) mass is 265 g/mol. The zero-order chi connectivity index (χ0) is 13.9. The summed E-state index contributed by atoms with van der Waals surface area (Å²) in [5.41, 5.74) is 6.82. The third kappa shape index (κ3) is 5.90. The third-order valence-corrected chi connectivity index (χ3v) is 3.18. The molecule has 0 aliphatic carbocycles. The number of nitrogen functional groups attached to an aromatic ring is 1. The highest BCUT2D eigenvalue weighted by Crippen LogP contribution is 2.21. The highest BCUT2D eigenvalue weighted by molar-refractivity contribution is 5.44. The molecule has 108 valence electrons. The van der Waals surface area contributed by atoms with Crippen LogP contribution in [0.3, 0.4) is 0 Å². The molecule has 1 rings (SSSR count). The molecule has 0 aliphatic rings. The second kappa shape index (κ2) is 9.59. The largest absolute Gasteiger partial charge is 0.477 e. The minimum atomic E-state index is 0.551. The van der Waals surface area contributed by atoms with E-state index < -0.39 is 0 Å². The fourth-order valence-corrected chi connectivity index (χ4v) is 2.07. The second-order valence-electron chi connectivity index (χ2n) is 4.91. The van der Waals surface area contributed by atoms with Gasteiger partial charge in [0, 0.05) is 0 Å². The minimum Gasteiger partial charge on any atom is -0.477 e. The summed E-state index contributed by atoms with van der Waals surface area (Å²) in [4.78, 5) is 8.22. The number of nitrogens with zero attached hydrogens (tertiary/aromatic N) is 2. The van der Waals surface area contributed by atoms with E-state index in [4.69, 9.17) is 10.5 Å². The maximum absolute atomic E-state index is 5.86. The quantitative estimate of drug-likeness (QED) is 0.654. The lowest BCUT2D eigenvalue weighted by Crippen LogP contribution is -2.06. The first-order valence-corrected chi connectivity index (χ1v) is 7.51. The lowest BCUT2D eigenvalue weighted by Gasteiger charge is -2.10. The van der Waals surface area contributed by atoms with Crippen molar-refractivity contribution in [3.63, 3.8) is 0 Å². The summed E-state index contributed by atoms with van der Waals surface area (Å²) in [5, 5.41) is 0. The molecule has 0 unspecified atom stereocenters. The molecular formula is C15H27N3O. The Morgan fingerprint density at radius 1 is 1.00 bits per heavy atom. The average molecular weight is 265 g/mol.